The Hall–Kier alpha value is -3.22. The molecule has 3 aromatic rings. The van der Waals surface area contributed by atoms with Crippen molar-refractivity contribution in [3.05, 3.63) is 65.5 Å². The topological polar surface area (TPSA) is 88.9 Å². The number of hydrogen-bond donors (Lipinski definition) is 2. The molecule has 2 heterocycles. The molecule has 0 radical (unpaired) electrons. The van der Waals surface area contributed by atoms with Crippen molar-refractivity contribution >= 4 is 22.5 Å². The number of carbonyl (C=O) groups excluding carboxylic acids is 1. The molecule has 0 aliphatic carbocycles. The molecule has 1 amide bonds. The standard InChI is InChI=1S/C17H17N5O2/c23-16(20-9-8-19-13-4-3-7-18-10-13)11-22-12-21-15-6-2-1-5-14(15)17(22)24/h1-7,10,12,19H,8-9,11H2,(H,20,23). The fraction of sp³-hybridized carbons (Fsp3) is 0.176. The van der Waals surface area contributed by atoms with Crippen LogP contribution in [0.4, 0.5) is 5.69 Å². The van der Waals surface area contributed by atoms with Gasteiger partial charge in [0, 0.05) is 25.5 Å². The second-order valence-corrected chi connectivity index (χ2v) is 5.21. The van der Waals surface area contributed by atoms with Gasteiger partial charge in [-0.05, 0) is 24.3 Å². The van der Waals surface area contributed by atoms with Crippen molar-refractivity contribution in [1.82, 2.24) is 19.9 Å². The van der Waals surface area contributed by atoms with E-state index in [0.29, 0.717) is 24.0 Å². The summed E-state index contributed by atoms with van der Waals surface area (Å²) in [6.45, 7) is 0.968. The fourth-order valence-corrected chi connectivity index (χ4v) is 2.31. The third kappa shape index (κ3) is 3.75. The molecule has 2 aromatic heterocycles. The van der Waals surface area contributed by atoms with Crippen LogP contribution in [0.2, 0.25) is 0 Å². The van der Waals surface area contributed by atoms with Crippen molar-refractivity contribution < 1.29 is 4.79 Å². The van der Waals surface area contributed by atoms with E-state index in [1.807, 2.05) is 18.2 Å². The molecule has 0 aliphatic heterocycles. The van der Waals surface area contributed by atoms with Crippen molar-refractivity contribution in [3.8, 4) is 0 Å². The van der Waals surface area contributed by atoms with Crippen LogP contribution in [-0.2, 0) is 11.3 Å². The third-order valence-corrected chi connectivity index (χ3v) is 3.48. The summed E-state index contributed by atoms with van der Waals surface area (Å²) < 4.78 is 1.31. The molecule has 0 saturated carbocycles. The normalized spacial score (nSPS) is 10.5. The van der Waals surface area contributed by atoms with E-state index in [0.717, 1.165) is 5.69 Å². The van der Waals surface area contributed by atoms with Gasteiger partial charge in [-0.1, -0.05) is 12.1 Å². The molecule has 7 nitrogen and oxygen atoms in total. The highest BCUT2D eigenvalue weighted by molar-refractivity contribution is 5.78. The van der Waals surface area contributed by atoms with Crippen LogP contribution in [0.1, 0.15) is 0 Å². The Balaban J connectivity index is 1.53. The van der Waals surface area contributed by atoms with Gasteiger partial charge in [-0.15, -0.1) is 0 Å². The zero-order valence-electron chi connectivity index (χ0n) is 13.0. The predicted molar refractivity (Wildman–Crippen MR) is 91.7 cm³/mol. The highest BCUT2D eigenvalue weighted by Gasteiger charge is 2.07. The zero-order chi connectivity index (χ0) is 16.8. The number of hydrogen-bond acceptors (Lipinski definition) is 5. The Morgan fingerprint density at radius 3 is 2.83 bits per heavy atom. The number of pyridine rings is 1. The van der Waals surface area contributed by atoms with Gasteiger partial charge in [0.1, 0.15) is 6.54 Å². The molecule has 3 rings (SSSR count). The number of carbonyl (C=O) groups is 1. The number of nitrogens with zero attached hydrogens (tertiary/aromatic N) is 3. The molecule has 0 atom stereocenters. The molecular formula is C17H17N5O2. The number of anilines is 1. The van der Waals surface area contributed by atoms with E-state index in [9.17, 15) is 9.59 Å². The molecule has 2 N–H and O–H groups in total. The van der Waals surface area contributed by atoms with Crippen LogP contribution < -0.4 is 16.2 Å². The van der Waals surface area contributed by atoms with Gasteiger partial charge < -0.3 is 10.6 Å². The Morgan fingerprint density at radius 1 is 1.12 bits per heavy atom. The minimum atomic E-state index is -0.234. The molecule has 0 aliphatic rings. The summed E-state index contributed by atoms with van der Waals surface area (Å²) >= 11 is 0. The van der Waals surface area contributed by atoms with Crippen LogP contribution in [-0.4, -0.2) is 33.5 Å². The minimum Gasteiger partial charge on any atom is -0.382 e. The number of aromatic nitrogens is 3. The van der Waals surface area contributed by atoms with E-state index < -0.39 is 0 Å². The van der Waals surface area contributed by atoms with E-state index in [4.69, 9.17) is 0 Å². The van der Waals surface area contributed by atoms with Crippen molar-refractivity contribution in [2.75, 3.05) is 18.4 Å². The average Bonchev–Trinajstić information content (AvgIpc) is 2.62. The maximum Gasteiger partial charge on any atom is 0.261 e. The van der Waals surface area contributed by atoms with Gasteiger partial charge in [-0.25, -0.2) is 4.98 Å². The molecule has 24 heavy (non-hydrogen) atoms. The van der Waals surface area contributed by atoms with Gasteiger partial charge in [0.15, 0.2) is 0 Å². The summed E-state index contributed by atoms with van der Waals surface area (Å²) in [6.07, 6.45) is 4.81. The zero-order valence-corrected chi connectivity index (χ0v) is 13.0. The second-order valence-electron chi connectivity index (χ2n) is 5.21. The summed E-state index contributed by atoms with van der Waals surface area (Å²) in [4.78, 5) is 32.5. The third-order valence-electron chi connectivity index (χ3n) is 3.48. The first-order valence-electron chi connectivity index (χ1n) is 7.59. The maximum absolute atomic E-state index is 12.3. The molecule has 0 saturated heterocycles. The first kappa shape index (κ1) is 15.7. The van der Waals surface area contributed by atoms with Gasteiger partial charge in [-0.3, -0.25) is 19.1 Å². The molecule has 0 unspecified atom stereocenters. The lowest BCUT2D eigenvalue weighted by Crippen LogP contribution is -2.34. The van der Waals surface area contributed by atoms with E-state index in [2.05, 4.69) is 20.6 Å². The highest BCUT2D eigenvalue weighted by Crippen LogP contribution is 2.04. The molecule has 1 aromatic carbocycles. The number of fused-ring (bicyclic) bond motifs is 1. The van der Waals surface area contributed by atoms with Crippen LogP contribution in [0.3, 0.4) is 0 Å². The van der Waals surface area contributed by atoms with Crippen molar-refractivity contribution in [2.45, 2.75) is 6.54 Å². The number of nitrogens with one attached hydrogen (secondary N) is 2. The Morgan fingerprint density at radius 2 is 2.00 bits per heavy atom. The van der Waals surface area contributed by atoms with Crippen LogP contribution in [0, 0.1) is 0 Å². The summed E-state index contributed by atoms with van der Waals surface area (Å²) in [5, 5.41) is 6.41. The Bertz CT molecular complexity index is 892. The lowest BCUT2D eigenvalue weighted by Gasteiger charge is -2.09. The van der Waals surface area contributed by atoms with Gasteiger partial charge in [0.25, 0.3) is 5.56 Å². The number of benzene rings is 1. The van der Waals surface area contributed by atoms with Crippen molar-refractivity contribution in [1.29, 1.82) is 0 Å². The first-order valence-corrected chi connectivity index (χ1v) is 7.59. The summed E-state index contributed by atoms with van der Waals surface area (Å²) in [6, 6.07) is 10.8. The Labute approximate surface area is 138 Å². The van der Waals surface area contributed by atoms with E-state index in [1.54, 1.807) is 30.6 Å². The van der Waals surface area contributed by atoms with Gasteiger partial charge >= 0.3 is 0 Å². The van der Waals surface area contributed by atoms with Crippen LogP contribution in [0.5, 0.6) is 0 Å². The summed E-state index contributed by atoms with van der Waals surface area (Å²) in [5.74, 6) is -0.234. The van der Waals surface area contributed by atoms with E-state index in [1.165, 1.54) is 10.9 Å². The van der Waals surface area contributed by atoms with E-state index >= 15 is 0 Å². The average molecular weight is 323 g/mol. The number of para-hydroxylation sites is 1. The molecule has 0 spiro atoms. The lowest BCUT2D eigenvalue weighted by molar-refractivity contribution is -0.121. The smallest absolute Gasteiger partial charge is 0.261 e. The number of amides is 1. The minimum absolute atomic E-state index is 0.0520. The fourth-order valence-electron chi connectivity index (χ4n) is 2.31. The molecule has 0 bridgehead atoms. The number of rotatable bonds is 6. The van der Waals surface area contributed by atoms with Gasteiger partial charge in [0.2, 0.25) is 5.91 Å². The molecule has 122 valence electrons. The summed E-state index contributed by atoms with van der Waals surface area (Å²) in [5.41, 5.74) is 1.30. The molecule has 7 heteroatoms. The highest BCUT2D eigenvalue weighted by atomic mass is 16.2. The first-order chi connectivity index (χ1) is 11.7. The van der Waals surface area contributed by atoms with Crippen LogP contribution in [0.25, 0.3) is 10.9 Å². The van der Waals surface area contributed by atoms with Gasteiger partial charge in [-0.2, -0.15) is 0 Å². The summed E-state index contributed by atoms with van der Waals surface area (Å²) in [7, 11) is 0. The van der Waals surface area contributed by atoms with Crippen LogP contribution in [0.15, 0.2) is 59.9 Å². The second kappa shape index (κ2) is 7.36. The van der Waals surface area contributed by atoms with Crippen molar-refractivity contribution in [3.63, 3.8) is 0 Å². The Kier molecular flexibility index (Phi) is 4.81. The largest absolute Gasteiger partial charge is 0.382 e. The monoisotopic (exact) mass is 323 g/mol. The predicted octanol–water partition coefficient (Wildman–Crippen LogP) is 1.02. The van der Waals surface area contributed by atoms with Gasteiger partial charge in [0.05, 0.1) is 22.9 Å². The van der Waals surface area contributed by atoms with Crippen molar-refractivity contribution in [2.24, 2.45) is 0 Å². The van der Waals surface area contributed by atoms with E-state index in [-0.39, 0.29) is 18.0 Å². The maximum atomic E-state index is 12.3. The molecule has 0 fully saturated rings. The SMILES string of the molecule is O=C(Cn1cnc2ccccc2c1=O)NCCNc1cccnc1. The molecular weight excluding hydrogens is 306 g/mol. The van der Waals surface area contributed by atoms with Crippen LogP contribution >= 0.6 is 0 Å². The lowest BCUT2D eigenvalue weighted by atomic mass is 10.2. The quantitative estimate of drug-likeness (QED) is 0.661.